The second-order valence-electron chi connectivity index (χ2n) is 11.2. The summed E-state index contributed by atoms with van der Waals surface area (Å²) in [5.74, 6) is 0.224. The third-order valence-corrected chi connectivity index (χ3v) is 8.51. The second kappa shape index (κ2) is 13.8. The molecule has 0 unspecified atom stereocenters. The van der Waals surface area contributed by atoms with Gasteiger partial charge in [-0.25, -0.2) is 4.79 Å². The molecule has 4 rings (SSSR count). The first-order valence-electron chi connectivity index (χ1n) is 14.8. The second-order valence-corrected chi connectivity index (χ2v) is 11.2. The molecule has 1 saturated carbocycles. The minimum absolute atomic E-state index is 0.0289. The maximum absolute atomic E-state index is 13.5. The van der Waals surface area contributed by atoms with Crippen LogP contribution in [0.3, 0.4) is 0 Å². The third-order valence-electron chi connectivity index (χ3n) is 8.51. The molecule has 214 valence electrons. The van der Waals surface area contributed by atoms with Crippen molar-refractivity contribution in [3.8, 4) is 0 Å². The van der Waals surface area contributed by atoms with Gasteiger partial charge in [-0.15, -0.1) is 0 Å². The quantitative estimate of drug-likeness (QED) is 0.440. The lowest BCUT2D eigenvalue weighted by atomic mass is 9.80. The lowest BCUT2D eigenvalue weighted by Crippen LogP contribution is -2.73. The van der Waals surface area contributed by atoms with E-state index in [2.05, 4.69) is 10.6 Å². The summed E-state index contributed by atoms with van der Waals surface area (Å²) in [6.07, 6.45) is 8.54. The molecule has 1 aromatic carbocycles. The molecule has 1 atom stereocenters. The number of hydrogen-bond donors (Lipinski definition) is 2. The number of hydrogen-bond acceptors (Lipinski definition) is 5. The van der Waals surface area contributed by atoms with Crippen LogP contribution < -0.4 is 10.6 Å². The summed E-state index contributed by atoms with van der Waals surface area (Å²) < 4.78 is 5.22. The number of nitrogens with one attached hydrogen (secondary N) is 2. The molecule has 0 aromatic heterocycles. The summed E-state index contributed by atoms with van der Waals surface area (Å²) >= 11 is 0. The van der Waals surface area contributed by atoms with Crippen LogP contribution in [0.5, 0.6) is 0 Å². The van der Waals surface area contributed by atoms with Gasteiger partial charge in [0.1, 0.15) is 18.2 Å². The molecule has 9 heteroatoms. The van der Waals surface area contributed by atoms with Crippen LogP contribution in [0.25, 0.3) is 0 Å². The molecule has 2 N–H and O–H groups in total. The van der Waals surface area contributed by atoms with Gasteiger partial charge in [0.25, 0.3) is 0 Å². The summed E-state index contributed by atoms with van der Waals surface area (Å²) in [5.41, 5.74) is 0.0619. The van der Waals surface area contributed by atoms with Gasteiger partial charge in [0.15, 0.2) is 0 Å². The number of alkyl carbamates (subject to hydrolysis) is 1. The summed E-state index contributed by atoms with van der Waals surface area (Å²) in [6, 6.07) is 8.94. The zero-order valence-electron chi connectivity index (χ0n) is 23.3. The van der Waals surface area contributed by atoms with Crippen molar-refractivity contribution < 1.29 is 23.9 Å². The van der Waals surface area contributed by atoms with Crippen LogP contribution in [0.2, 0.25) is 0 Å². The van der Waals surface area contributed by atoms with E-state index in [0.717, 1.165) is 37.7 Å². The molecule has 1 aromatic rings. The van der Waals surface area contributed by atoms with Crippen LogP contribution in [-0.2, 0) is 25.7 Å². The highest BCUT2D eigenvalue weighted by Gasteiger charge is 2.53. The van der Waals surface area contributed by atoms with Gasteiger partial charge in [0.2, 0.25) is 17.7 Å². The maximum Gasteiger partial charge on any atom is 0.407 e. The number of piperidine rings is 1. The van der Waals surface area contributed by atoms with Gasteiger partial charge in [0.05, 0.1) is 0 Å². The zero-order chi connectivity index (χ0) is 27.7. The van der Waals surface area contributed by atoms with Crippen molar-refractivity contribution in [2.45, 2.75) is 95.7 Å². The fourth-order valence-electron chi connectivity index (χ4n) is 6.26. The number of nitrogens with zero attached hydrogens (tertiary/aromatic N) is 2. The molecular formula is C30H44N4O5. The Morgan fingerprint density at radius 2 is 1.77 bits per heavy atom. The molecule has 3 fully saturated rings. The summed E-state index contributed by atoms with van der Waals surface area (Å²) in [5, 5.41) is 5.76. The number of piperazine rings is 1. The highest BCUT2D eigenvalue weighted by molar-refractivity contribution is 6.00. The molecule has 2 heterocycles. The fourth-order valence-corrected chi connectivity index (χ4v) is 6.26. The molecule has 4 amide bonds. The Labute approximate surface area is 232 Å². The van der Waals surface area contributed by atoms with Crippen molar-refractivity contribution in [2.24, 2.45) is 5.92 Å². The predicted molar refractivity (Wildman–Crippen MR) is 148 cm³/mol. The summed E-state index contributed by atoms with van der Waals surface area (Å²) in [7, 11) is 0. The SMILES string of the molecule is CCCN1C(=O)[C@H](CCCCNC(=O)OCc2ccccc2)NC(=O)C12CCN(C(=O)C1CCCCC1)CC2. The van der Waals surface area contributed by atoms with Crippen LogP contribution in [-0.4, -0.2) is 71.4 Å². The van der Waals surface area contributed by atoms with Crippen molar-refractivity contribution in [2.75, 3.05) is 26.2 Å². The van der Waals surface area contributed by atoms with E-state index in [4.69, 9.17) is 4.74 Å². The molecule has 1 spiro atoms. The Hall–Kier alpha value is -3.10. The number of likely N-dealkylation sites (tertiary alicyclic amines) is 1. The lowest BCUT2D eigenvalue weighted by molar-refractivity contribution is -0.163. The van der Waals surface area contributed by atoms with Gasteiger partial charge in [-0.2, -0.15) is 0 Å². The summed E-state index contributed by atoms with van der Waals surface area (Å²) in [4.78, 5) is 55.7. The van der Waals surface area contributed by atoms with Crippen LogP contribution in [0.15, 0.2) is 30.3 Å². The molecule has 2 aliphatic heterocycles. The Morgan fingerprint density at radius 3 is 2.46 bits per heavy atom. The normalized spacial score (nSPS) is 21.5. The standard InChI is InChI=1S/C30H44N4O5/c1-2-19-34-27(36)25(15-9-10-18-31-29(38)39-22-23-11-5-3-6-12-23)32-28(37)30(34)16-20-33(21-17-30)26(35)24-13-7-4-8-14-24/h3,5-6,11-12,24-25H,2,4,7-10,13-22H2,1H3,(H,31,38)(H,32,37)/t25-/m0/s1. The largest absolute Gasteiger partial charge is 0.445 e. The molecule has 0 bridgehead atoms. The number of carbonyl (C=O) groups excluding carboxylic acids is 4. The van der Waals surface area contributed by atoms with E-state index in [0.29, 0.717) is 58.3 Å². The first kappa shape index (κ1) is 28.9. The number of amides is 4. The van der Waals surface area contributed by atoms with E-state index in [1.165, 1.54) is 6.42 Å². The van der Waals surface area contributed by atoms with Gasteiger partial charge in [-0.05, 0) is 56.9 Å². The highest BCUT2D eigenvalue weighted by atomic mass is 16.5. The average molecular weight is 541 g/mol. The monoisotopic (exact) mass is 540 g/mol. The van der Waals surface area contributed by atoms with Crippen molar-refractivity contribution in [3.05, 3.63) is 35.9 Å². The molecule has 3 aliphatic rings. The minimum atomic E-state index is -0.864. The maximum atomic E-state index is 13.5. The van der Waals surface area contributed by atoms with Gasteiger partial charge in [0, 0.05) is 32.1 Å². The van der Waals surface area contributed by atoms with Gasteiger partial charge in [-0.3, -0.25) is 14.4 Å². The fraction of sp³-hybridized carbons (Fsp3) is 0.667. The van der Waals surface area contributed by atoms with Crippen molar-refractivity contribution >= 4 is 23.8 Å². The third kappa shape index (κ3) is 7.11. The first-order chi connectivity index (χ1) is 18.9. The van der Waals surface area contributed by atoms with Crippen molar-refractivity contribution in [3.63, 3.8) is 0 Å². The predicted octanol–water partition coefficient (Wildman–Crippen LogP) is 3.76. The number of rotatable bonds is 10. The van der Waals surface area contributed by atoms with Crippen molar-refractivity contribution in [1.82, 2.24) is 20.4 Å². The van der Waals surface area contributed by atoms with Crippen LogP contribution in [0, 0.1) is 5.92 Å². The van der Waals surface area contributed by atoms with E-state index in [-0.39, 0.29) is 30.2 Å². The van der Waals surface area contributed by atoms with Crippen molar-refractivity contribution in [1.29, 1.82) is 0 Å². The van der Waals surface area contributed by atoms with Gasteiger partial charge >= 0.3 is 6.09 Å². The van der Waals surface area contributed by atoms with E-state index in [1.807, 2.05) is 42.2 Å². The average Bonchev–Trinajstić information content (AvgIpc) is 2.97. The number of ether oxygens (including phenoxy) is 1. The Balaban J connectivity index is 1.23. The zero-order valence-corrected chi connectivity index (χ0v) is 23.3. The summed E-state index contributed by atoms with van der Waals surface area (Å²) in [6.45, 7) is 4.26. The Bertz CT molecular complexity index is 986. The molecular weight excluding hydrogens is 496 g/mol. The minimum Gasteiger partial charge on any atom is -0.445 e. The van der Waals surface area contributed by atoms with Crippen LogP contribution in [0.4, 0.5) is 4.79 Å². The molecule has 2 saturated heterocycles. The van der Waals surface area contributed by atoms with E-state index in [9.17, 15) is 19.2 Å². The van der Waals surface area contributed by atoms with Gasteiger partial charge < -0.3 is 25.2 Å². The number of carbonyl (C=O) groups is 4. The van der Waals surface area contributed by atoms with E-state index in [1.54, 1.807) is 4.90 Å². The topological polar surface area (TPSA) is 108 Å². The van der Waals surface area contributed by atoms with E-state index < -0.39 is 17.7 Å². The molecule has 0 radical (unpaired) electrons. The van der Waals surface area contributed by atoms with Crippen LogP contribution >= 0.6 is 0 Å². The lowest BCUT2D eigenvalue weighted by Gasteiger charge is -2.52. The van der Waals surface area contributed by atoms with Crippen LogP contribution in [0.1, 0.15) is 83.1 Å². The molecule has 39 heavy (non-hydrogen) atoms. The van der Waals surface area contributed by atoms with E-state index >= 15 is 0 Å². The number of unbranched alkanes of at least 4 members (excludes halogenated alkanes) is 1. The smallest absolute Gasteiger partial charge is 0.407 e. The number of benzene rings is 1. The molecule has 9 nitrogen and oxygen atoms in total. The Morgan fingerprint density at radius 1 is 1.05 bits per heavy atom. The molecule has 1 aliphatic carbocycles. The Kier molecular flexibility index (Phi) is 10.2. The van der Waals surface area contributed by atoms with Gasteiger partial charge in [-0.1, -0.05) is 56.5 Å². The highest BCUT2D eigenvalue weighted by Crippen LogP contribution is 2.35. The first-order valence-corrected chi connectivity index (χ1v) is 14.8.